The van der Waals surface area contributed by atoms with E-state index in [1.54, 1.807) is 0 Å². The van der Waals surface area contributed by atoms with Crippen LogP contribution in [0, 0.1) is 11.7 Å². The van der Waals surface area contributed by atoms with Gasteiger partial charge in [0.15, 0.2) is 11.5 Å². The topological polar surface area (TPSA) is 142 Å². The number of halogens is 2. The zero-order valence-corrected chi connectivity index (χ0v) is 17.9. The number of hydrogen-bond acceptors (Lipinski definition) is 9. The number of aliphatic imine (C=N–C) groups is 1. The van der Waals surface area contributed by atoms with Gasteiger partial charge in [-0.25, -0.2) is 26.7 Å². The molecule has 162 valence electrons. The third-order valence-electron chi connectivity index (χ3n) is 4.83. The number of rotatable bonds is 7. The largest absolute Gasteiger partial charge is 0.378 e. The van der Waals surface area contributed by atoms with E-state index < -0.39 is 21.1 Å². The minimum atomic E-state index is -3.30. The second-order valence-electron chi connectivity index (χ2n) is 6.90. The number of amidine groups is 1. The number of anilines is 1. The number of nitrogens with zero attached hydrogens (tertiary/aromatic N) is 4. The number of sulfonamides is 1. The first-order chi connectivity index (χ1) is 14.4. The van der Waals surface area contributed by atoms with Crippen LogP contribution in [0.3, 0.4) is 0 Å². The van der Waals surface area contributed by atoms with Crippen LogP contribution >= 0.6 is 15.9 Å². The lowest BCUT2D eigenvalue weighted by Crippen LogP contribution is -2.58. The molecule has 1 aromatic heterocycles. The molecule has 2 aromatic rings. The molecular weight excluding hydrogens is 487 g/mol. The number of aromatic nitrogens is 2. The molecule has 0 aliphatic carbocycles. The van der Waals surface area contributed by atoms with E-state index in [0.717, 1.165) is 0 Å². The van der Waals surface area contributed by atoms with Crippen LogP contribution in [0.25, 0.3) is 0 Å². The van der Waals surface area contributed by atoms with Crippen molar-refractivity contribution in [2.24, 2.45) is 10.9 Å². The van der Waals surface area contributed by atoms with Gasteiger partial charge in [0.1, 0.15) is 11.1 Å². The molecule has 14 heteroatoms. The van der Waals surface area contributed by atoms with Crippen molar-refractivity contribution >= 4 is 43.3 Å². The monoisotopic (exact) mass is 504 g/mol. The maximum absolute atomic E-state index is 13.4. The maximum atomic E-state index is 13.4. The van der Waals surface area contributed by atoms with Crippen LogP contribution in [0.1, 0.15) is 5.69 Å². The number of hydrogen-bond donors (Lipinski definition) is 3. The van der Waals surface area contributed by atoms with Gasteiger partial charge in [0.2, 0.25) is 15.8 Å². The first-order valence-corrected chi connectivity index (χ1v) is 11.3. The van der Waals surface area contributed by atoms with Crippen molar-refractivity contribution in [3.63, 3.8) is 0 Å². The molecule has 4 rings (SSSR count). The van der Waals surface area contributed by atoms with Gasteiger partial charge in [-0.3, -0.25) is 10.7 Å². The van der Waals surface area contributed by atoms with Gasteiger partial charge < -0.3 is 10.1 Å². The van der Waals surface area contributed by atoms with Crippen LogP contribution < -0.4 is 10.8 Å². The van der Waals surface area contributed by atoms with Crippen LogP contribution in [-0.2, 0) is 14.8 Å². The van der Waals surface area contributed by atoms with Crippen molar-refractivity contribution in [1.82, 2.24) is 20.1 Å². The molecule has 1 aromatic carbocycles. The minimum absolute atomic E-state index is 0.0555. The van der Waals surface area contributed by atoms with E-state index >= 15 is 0 Å². The van der Waals surface area contributed by atoms with Crippen LogP contribution in [0.15, 0.2) is 32.3 Å². The van der Waals surface area contributed by atoms with Crippen LogP contribution in [0.5, 0.6) is 0 Å². The molecule has 3 N–H and O–H groups in total. The van der Waals surface area contributed by atoms with Crippen molar-refractivity contribution in [2.45, 2.75) is 5.25 Å². The second-order valence-corrected chi connectivity index (χ2v) is 9.97. The highest BCUT2D eigenvalue weighted by atomic mass is 79.9. The summed E-state index contributed by atoms with van der Waals surface area (Å²) >= 11 is 3.07. The molecule has 0 atom stereocenters. The van der Waals surface area contributed by atoms with Crippen LogP contribution in [-0.4, -0.2) is 72.2 Å². The van der Waals surface area contributed by atoms with E-state index in [9.17, 15) is 18.0 Å². The third kappa shape index (κ3) is 4.18. The Hall–Kier alpha value is -2.13. The standard InChI is InChI=1S/C16H18BrFN6O5S/c17-12-3-10(1-2-13(12)18)20-16(21-25)14-15(23-29-22-14)19-4-9-5-24(6-9)30(26,27)11-7-28-8-11/h1-3,9,11,25H,4-8H2,(H,19,23)(H,20,21). The quantitative estimate of drug-likeness (QED) is 0.287. The Balaban J connectivity index is 1.38. The van der Waals surface area contributed by atoms with Crippen molar-refractivity contribution in [3.8, 4) is 0 Å². The fourth-order valence-corrected chi connectivity index (χ4v) is 5.13. The lowest BCUT2D eigenvalue weighted by molar-refractivity contribution is 0.0368. The molecule has 30 heavy (non-hydrogen) atoms. The summed E-state index contributed by atoms with van der Waals surface area (Å²) in [4.78, 5) is 4.18. The molecular formula is C16H18BrFN6O5S. The summed E-state index contributed by atoms with van der Waals surface area (Å²) in [6, 6.07) is 4.09. The summed E-state index contributed by atoms with van der Waals surface area (Å²) in [5, 5.41) is 19.5. The van der Waals surface area contributed by atoms with Gasteiger partial charge in [-0.15, -0.1) is 0 Å². The number of hydroxylamine groups is 1. The van der Waals surface area contributed by atoms with E-state index in [2.05, 4.69) is 36.6 Å². The second kappa shape index (κ2) is 8.55. The van der Waals surface area contributed by atoms with Gasteiger partial charge in [0, 0.05) is 25.6 Å². The lowest BCUT2D eigenvalue weighted by Gasteiger charge is -2.41. The smallest absolute Gasteiger partial charge is 0.221 e. The average molecular weight is 505 g/mol. The lowest BCUT2D eigenvalue weighted by atomic mass is 10.0. The van der Waals surface area contributed by atoms with Crippen LogP contribution in [0.2, 0.25) is 0 Å². The van der Waals surface area contributed by atoms with E-state index in [-0.39, 0.29) is 41.0 Å². The molecule has 3 heterocycles. The Morgan fingerprint density at radius 1 is 1.37 bits per heavy atom. The molecule has 2 saturated heterocycles. The Bertz CT molecular complexity index is 1050. The van der Waals surface area contributed by atoms with Gasteiger partial charge >= 0.3 is 0 Å². The Kier molecular flexibility index (Phi) is 6.02. The number of ether oxygens (including phenoxy) is 1. The van der Waals surface area contributed by atoms with Gasteiger partial charge in [0.25, 0.3) is 0 Å². The zero-order valence-electron chi connectivity index (χ0n) is 15.5. The summed E-state index contributed by atoms with van der Waals surface area (Å²) in [7, 11) is -3.30. The first-order valence-electron chi connectivity index (χ1n) is 8.96. The molecule has 2 aliphatic heterocycles. The van der Waals surface area contributed by atoms with Crippen molar-refractivity contribution in [1.29, 1.82) is 0 Å². The molecule has 0 radical (unpaired) electrons. The number of benzene rings is 1. The zero-order chi connectivity index (χ0) is 21.3. The van der Waals surface area contributed by atoms with Crippen molar-refractivity contribution < 1.29 is 27.4 Å². The average Bonchev–Trinajstić information content (AvgIpc) is 3.07. The third-order valence-corrected chi connectivity index (χ3v) is 7.57. The molecule has 0 unspecified atom stereocenters. The summed E-state index contributed by atoms with van der Waals surface area (Å²) in [5.41, 5.74) is 2.41. The molecule has 0 spiro atoms. The Morgan fingerprint density at radius 2 is 2.13 bits per heavy atom. The van der Waals surface area contributed by atoms with Crippen molar-refractivity contribution in [2.75, 3.05) is 38.2 Å². The molecule has 0 amide bonds. The van der Waals surface area contributed by atoms with E-state index in [1.807, 2.05) is 5.48 Å². The van der Waals surface area contributed by atoms with E-state index in [4.69, 9.17) is 9.37 Å². The minimum Gasteiger partial charge on any atom is -0.378 e. The molecule has 11 nitrogen and oxygen atoms in total. The van der Waals surface area contributed by atoms with Gasteiger partial charge in [-0.2, -0.15) is 0 Å². The molecule has 0 bridgehead atoms. The molecule has 0 saturated carbocycles. The molecule has 2 aliphatic rings. The van der Waals surface area contributed by atoms with Crippen LogP contribution in [0.4, 0.5) is 15.9 Å². The highest BCUT2D eigenvalue weighted by Gasteiger charge is 2.43. The maximum Gasteiger partial charge on any atom is 0.221 e. The SMILES string of the molecule is O=S(=O)(C1COC1)N1CC(CNc2nonc2C(=Nc2ccc(F)c(Br)c2)NO)C1. The Labute approximate surface area is 179 Å². The first kappa shape index (κ1) is 21.1. The highest BCUT2D eigenvalue weighted by Crippen LogP contribution is 2.26. The Morgan fingerprint density at radius 3 is 2.77 bits per heavy atom. The highest BCUT2D eigenvalue weighted by molar-refractivity contribution is 9.10. The van der Waals surface area contributed by atoms with Gasteiger partial charge in [0.05, 0.1) is 23.4 Å². The normalized spacial score (nSPS) is 18.7. The predicted octanol–water partition coefficient (Wildman–Crippen LogP) is 1.10. The predicted molar refractivity (Wildman–Crippen MR) is 107 cm³/mol. The van der Waals surface area contributed by atoms with Gasteiger partial charge in [-0.1, -0.05) is 0 Å². The van der Waals surface area contributed by atoms with Gasteiger partial charge in [-0.05, 0) is 44.4 Å². The van der Waals surface area contributed by atoms with E-state index in [1.165, 1.54) is 22.5 Å². The fourth-order valence-electron chi connectivity index (χ4n) is 2.97. The van der Waals surface area contributed by atoms with E-state index in [0.29, 0.717) is 25.3 Å². The molecule has 2 fully saturated rings. The summed E-state index contributed by atoms with van der Waals surface area (Å²) in [6.45, 7) is 1.72. The summed E-state index contributed by atoms with van der Waals surface area (Å²) in [6.07, 6.45) is 0. The number of nitrogens with one attached hydrogen (secondary N) is 2. The van der Waals surface area contributed by atoms with Crippen molar-refractivity contribution in [3.05, 3.63) is 34.2 Å². The summed E-state index contributed by atoms with van der Waals surface area (Å²) in [5.74, 6) is -0.189. The summed E-state index contributed by atoms with van der Waals surface area (Å²) < 4.78 is 49.3. The fraction of sp³-hybridized carbons (Fsp3) is 0.438.